The number of ether oxygens (including phenoxy) is 1. The monoisotopic (exact) mass is 197 g/mol. The molecule has 0 spiro atoms. The van der Waals surface area contributed by atoms with Crippen LogP contribution in [0.1, 0.15) is 27.2 Å². The first-order chi connectivity index (χ1) is 6.48. The molecule has 14 heavy (non-hydrogen) atoms. The van der Waals surface area contributed by atoms with E-state index in [0.29, 0.717) is 26.2 Å². The van der Waals surface area contributed by atoms with Crippen molar-refractivity contribution in [1.82, 2.24) is 5.32 Å². The fourth-order valence-corrected chi connectivity index (χ4v) is 0.735. The van der Waals surface area contributed by atoms with E-state index in [4.69, 9.17) is 11.2 Å². The minimum absolute atomic E-state index is 0.0399. The summed E-state index contributed by atoms with van der Waals surface area (Å²) in [7, 11) is 0. The van der Waals surface area contributed by atoms with Gasteiger partial charge in [-0.1, -0.05) is 20.8 Å². The first-order valence-corrected chi connectivity index (χ1v) is 4.78. The molecule has 0 atom stereocenters. The van der Waals surface area contributed by atoms with Crippen molar-refractivity contribution >= 4 is 5.91 Å². The fraction of sp³-hybridized carbons (Fsp3) is 0.727. The second-order valence-electron chi connectivity index (χ2n) is 4.07. The highest BCUT2D eigenvalue weighted by Gasteiger charge is 2.19. The Morgan fingerprint density at radius 3 is 2.57 bits per heavy atom. The molecule has 1 N–H and O–H groups in total. The summed E-state index contributed by atoms with van der Waals surface area (Å²) in [6.07, 6.45) is 5.67. The van der Waals surface area contributed by atoms with E-state index in [-0.39, 0.29) is 11.3 Å². The highest BCUT2D eigenvalue weighted by Crippen LogP contribution is 2.11. The first-order valence-electron chi connectivity index (χ1n) is 4.78. The third-order valence-electron chi connectivity index (χ3n) is 1.60. The Bertz CT molecular complexity index is 210. The van der Waals surface area contributed by atoms with Crippen molar-refractivity contribution in [1.29, 1.82) is 0 Å². The molecule has 3 heteroatoms. The molecule has 0 saturated carbocycles. The van der Waals surface area contributed by atoms with Gasteiger partial charge in [-0.3, -0.25) is 4.79 Å². The molecule has 0 rings (SSSR count). The molecule has 0 aromatic rings. The normalized spacial score (nSPS) is 10.7. The second kappa shape index (κ2) is 6.44. The van der Waals surface area contributed by atoms with Crippen molar-refractivity contribution < 1.29 is 9.53 Å². The minimum Gasteiger partial charge on any atom is -0.379 e. The van der Waals surface area contributed by atoms with Gasteiger partial charge in [-0.05, 0) is 0 Å². The summed E-state index contributed by atoms with van der Waals surface area (Å²) in [6.45, 7) is 7.25. The zero-order valence-electron chi connectivity index (χ0n) is 9.22. The Hall–Kier alpha value is -1.01. The van der Waals surface area contributed by atoms with Crippen molar-refractivity contribution in [3.05, 3.63) is 0 Å². The standard InChI is InChI=1S/C11H19NO2/c1-5-6-8-14-9-7-12-10(13)11(2,3)4/h1H,6-9H2,2-4H3,(H,12,13). The molecule has 0 aromatic heterocycles. The van der Waals surface area contributed by atoms with Crippen LogP contribution in [-0.4, -0.2) is 25.7 Å². The maximum absolute atomic E-state index is 11.4. The van der Waals surface area contributed by atoms with E-state index in [9.17, 15) is 4.79 Å². The second-order valence-corrected chi connectivity index (χ2v) is 4.07. The molecule has 0 heterocycles. The highest BCUT2D eigenvalue weighted by molar-refractivity contribution is 5.81. The van der Waals surface area contributed by atoms with Gasteiger partial charge in [-0.15, -0.1) is 12.3 Å². The number of amides is 1. The molecule has 0 bridgehead atoms. The van der Waals surface area contributed by atoms with Crippen molar-refractivity contribution in [3.8, 4) is 12.3 Å². The number of carbonyl (C=O) groups excluding carboxylic acids is 1. The third kappa shape index (κ3) is 6.50. The summed E-state index contributed by atoms with van der Waals surface area (Å²) >= 11 is 0. The lowest BCUT2D eigenvalue weighted by atomic mass is 9.96. The molecular weight excluding hydrogens is 178 g/mol. The van der Waals surface area contributed by atoms with Gasteiger partial charge in [-0.25, -0.2) is 0 Å². The van der Waals surface area contributed by atoms with E-state index in [1.807, 2.05) is 20.8 Å². The van der Waals surface area contributed by atoms with Crippen LogP contribution in [0.5, 0.6) is 0 Å². The van der Waals surface area contributed by atoms with E-state index in [1.54, 1.807) is 0 Å². The lowest BCUT2D eigenvalue weighted by Gasteiger charge is -2.17. The fourth-order valence-electron chi connectivity index (χ4n) is 0.735. The molecule has 80 valence electrons. The summed E-state index contributed by atoms with van der Waals surface area (Å²) in [4.78, 5) is 11.4. The van der Waals surface area contributed by atoms with Crippen molar-refractivity contribution in [2.24, 2.45) is 5.41 Å². The van der Waals surface area contributed by atoms with Gasteiger partial charge in [-0.2, -0.15) is 0 Å². The number of carbonyl (C=O) groups is 1. The smallest absolute Gasteiger partial charge is 0.225 e. The molecule has 0 radical (unpaired) electrons. The SMILES string of the molecule is C#CCCOCCNC(=O)C(C)(C)C. The van der Waals surface area contributed by atoms with Crippen LogP contribution in [0.3, 0.4) is 0 Å². The van der Waals surface area contributed by atoms with Crippen molar-refractivity contribution in [2.45, 2.75) is 27.2 Å². The predicted octanol–water partition coefficient (Wildman–Crippen LogP) is 1.19. The number of hydrogen-bond acceptors (Lipinski definition) is 2. The van der Waals surface area contributed by atoms with E-state index < -0.39 is 0 Å². The Kier molecular flexibility index (Phi) is 5.98. The van der Waals surface area contributed by atoms with E-state index in [0.717, 1.165) is 0 Å². The lowest BCUT2D eigenvalue weighted by Crippen LogP contribution is -2.36. The largest absolute Gasteiger partial charge is 0.379 e. The first kappa shape index (κ1) is 13.0. The van der Waals surface area contributed by atoms with Crippen molar-refractivity contribution in [3.63, 3.8) is 0 Å². The van der Waals surface area contributed by atoms with Gasteiger partial charge in [0.05, 0.1) is 13.2 Å². The maximum Gasteiger partial charge on any atom is 0.225 e. The van der Waals surface area contributed by atoms with Gasteiger partial charge in [0.1, 0.15) is 0 Å². The highest BCUT2D eigenvalue weighted by atomic mass is 16.5. The molecule has 3 nitrogen and oxygen atoms in total. The Labute approximate surface area is 86.2 Å². The van der Waals surface area contributed by atoms with E-state index >= 15 is 0 Å². The molecular formula is C11H19NO2. The molecule has 0 fully saturated rings. The molecule has 0 aliphatic heterocycles. The quantitative estimate of drug-likeness (QED) is 0.531. The van der Waals surface area contributed by atoms with E-state index in [2.05, 4.69) is 11.2 Å². The van der Waals surface area contributed by atoms with Crippen LogP contribution in [0.2, 0.25) is 0 Å². The molecule has 0 unspecified atom stereocenters. The topological polar surface area (TPSA) is 38.3 Å². The number of nitrogens with one attached hydrogen (secondary N) is 1. The van der Waals surface area contributed by atoms with Gasteiger partial charge < -0.3 is 10.1 Å². The minimum atomic E-state index is -0.335. The predicted molar refractivity (Wildman–Crippen MR) is 56.7 cm³/mol. The van der Waals surface area contributed by atoms with Crippen LogP contribution in [0.4, 0.5) is 0 Å². The zero-order chi connectivity index (χ0) is 11.0. The van der Waals surface area contributed by atoms with Crippen LogP contribution in [0.15, 0.2) is 0 Å². The Morgan fingerprint density at radius 2 is 2.07 bits per heavy atom. The zero-order valence-corrected chi connectivity index (χ0v) is 9.22. The maximum atomic E-state index is 11.4. The number of rotatable bonds is 5. The Balaban J connectivity index is 3.38. The summed E-state index contributed by atoms with van der Waals surface area (Å²) in [5.74, 6) is 2.52. The van der Waals surface area contributed by atoms with Gasteiger partial charge >= 0.3 is 0 Å². The van der Waals surface area contributed by atoms with Gasteiger partial charge in [0, 0.05) is 18.4 Å². The lowest BCUT2D eigenvalue weighted by molar-refractivity contribution is -0.128. The molecule has 0 aromatic carbocycles. The van der Waals surface area contributed by atoms with Gasteiger partial charge in [0.25, 0.3) is 0 Å². The summed E-state index contributed by atoms with van der Waals surface area (Å²) in [5.41, 5.74) is -0.335. The Morgan fingerprint density at radius 1 is 1.43 bits per heavy atom. The molecule has 0 aliphatic carbocycles. The van der Waals surface area contributed by atoms with E-state index in [1.165, 1.54) is 0 Å². The summed E-state index contributed by atoms with van der Waals surface area (Å²) in [6, 6.07) is 0. The van der Waals surface area contributed by atoms with Crippen molar-refractivity contribution in [2.75, 3.05) is 19.8 Å². The van der Waals surface area contributed by atoms with Crippen LogP contribution >= 0.6 is 0 Å². The van der Waals surface area contributed by atoms with Crippen LogP contribution in [0.25, 0.3) is 0 Å². The summed E-state index contributed by atoms with van der Waals surface area (Å²) < 4.78 is 5.18. The average Bonchev–Trinajstić information content (AvgIpc) is 2.09. The van der Waals surface area contributed by atoms with Gasteiger partial charge in [0.15, 0.2) is 0 Å². The molecule has 1 amide bonds. The molecule has 0 saturated heterocycles. The molecule has 0 aliphatic rings. The van der Waals surface area contributed by atoms with Crippen LogP contribution in [-0.2, 0) is 9.53 Å². The third-order valence-corrected chi connectivity index (χ3v) is 1.60. The van der Waals surface area contributed by atoms with Crippen LogP contribution in [0, 0.1) is 17.8 Å². The van der Waals surface area contributed by atoms with Crippen LogP contribution < -0.4 is 5.32 Å². The summed E-state index contributed by atoms with van der Waals surface area (Å²) in [5, 5.41) is 2.78. The number of hydrogen-bond donors (Lipinski definition) is 1. The number of terminal acetylenes is 1. The average molecular weight is 197 g/mol. The van der Waals surface area contributed by atoms with Gasteiger partial charge in [0.2, 0.25) is 5.91 Å².